The van der Waals surface area contributed by atoms with Gasteiger partial charge in [-0.15, -0.1) is 0 Å². The molecule has 5 nitrogen and oxygen atoms in total. The maximum Gasteiger partial charge on any atom is 0.255 e. The van der Waals surface area contributed by atoms with Crippen molar-refractivity contribution in [1.29, 1.82) is 0 Å². The molecule has 3 aromatic carbocycles. The lowest BCUT2D eigenvalue weighted by Crippen LogP contribution is -2.44. The van der Waals surface area contributed by atoms with Crippen LogP contribution >= 0.6 is 0 Å². The summed E-state index contributed by atoms with van der Waals surface area (Å²) in [5.74, 6) is 0.176. The number of rotatable bonds is 5. The molecular weight excluding hydrogens is 376 g/mol. The second kappa shape index (κ2) is 8.82. The molecular formula is C25H24N2O3. The van der Waals surface area contributed by atoms with Crippen molar-refractivity contribution in [2.45, 2.75) is 12.5 Å². The number of benzene rings is 3. The van der Waals surface area contributed by atoms with Gasteiger partial charge < -0.3 is 15.0 Å². The predicted molar refractivity (Wildman–Crippen MR) is 115 cm³/mol. The predicted octanol–water partition coefficient (Wildman–Crippen LogP) is 3.60. The van der Waals surface area contributed by atoms with E-state index < -0.39 is 0 Å². The normalized spacial score (nSPS) is 15.2. The molecule has 0 radical (unpaired) electrons. The van der Waals surface area contributed by atoms with Crippen molar-refractivity contribution in [3.8, 4) is 5.75 Å². The summed E-state index contributed by atoms with van der Waals surface area (Å²) < 4.78 is 5.24. The molecule has 4 rings (SSSR count). The van der Waals surface area contributed by atoms with Gasteiger partial charge in [-0.25, -0.2) is 0 Å². The van der Waals surface area contributed by atoms with Crippen LogP contribution in [0.2, 0.25) is 0 Å². The first-order chi connectivity index (χ1) is 14.7. The molecule has 1 N–H and O–H groups in total. The molecule has 0 spiro atoms. The van der Waals surface area contributed by atoms with Crippen LogP contribution in [0.15, 0.2) is 78.9 Å². The van der Waals surface area contributed by atoms with Gasteiger partial charge in [-0.05, 0) is 28.8 Å². The maximum absolute atomic E-state index is 13.0. The summed E-state index contributed by atoms with van der Waals surface area (Å²) in [4.78, 5) is 27.3. The van der Waals surface area contributed by atoms with E-state index in [9.17, 15) is 9.59 Å². The number of ether oxygens (including phenoxy) is 1. The zero-order chi connectivity index (χ0) is 20.9. The van der Waals surface area contributed by atoms with Crippen LogP contribution in [-0.2, 0) is 11.3 Å². The van der Waals surface area contributed by atoms with E-state index >= 15 is 0 Å². The number of nitrogens with zero attached hydrogens (tertiary/aromatic N) is 1. The molecule has 30 heavy (non-hydrogen) atoms. The highest BCUT2D eigenvalue weighted by Crippen LogP contribution is 2.33. The minimum Gasteiger partial charge on any atom is -0.496 e. The number of carbonyl (C=O) groups excluding carboxylic acids is 2. The molecule has 1 aliphatic rings. The van der Waals surface area contributed by atoms with Gasteiger partial charge in [0, 0.05) is 19.0 Å². The highest BCUT2D eigenvalue weighted by molar-refractivity contribution is 5.98. The number of hydrogen-bond acceptors (Lipinski definition) is 3. The second-order valence-electron chi connectivity index (χ2n) is 7.32. The van der Waals surface area contributed by atoms with Gasteiger partial charge in [0.1, 0.15) is 5.75 Å². The topological polar surface area (TPSA) is 58.6 Å². The fraction of sp³-hybridized carbons (Fsp3) is 0.200. The summed E-state index contributed by atoms with van der Waals surface area (Å²) >= 11 is 0. The molecule has 0 saturated carbocycles. The minimum absolute atomic E-state index is 0.0550. The minimum atomic E-state index is -0.321. The Labute approximate surface area is 176 Å². The van der Waals surface area contributed by atoms with Gasteiger partial charge in [-0.2, -0.15) is 0 Å². The summed E-state index contributed by atoms with van der Waals surface area (Å²) in [5.41, 5.74) is 3.99. The number of hydrogen-bond donors (Lipinski definition) is 1. The Morgan fingerprint density at radius 1 is 0.967 bits per heavy atom. The first kappa shape index (κ1) is 19.7. The van der Waals surface area contributed by atoms with E-state index in [0.717, 1.165) is 5.56 Å². The molecule has 0 saturated heterocycles. The Morgan fingerprint density at radius 3 is 2.47 bits per heavy atom. The van der Waals surface area contributed by atoms with Gasteiger partial charge in [0.15, 0.2) is 0 Å². The molecule has 0 bridgehead atoms. The standard InChI is InChI=1S/C25H24N2O3/c1-30-23-14-8-7-13-21(23)25(29)26-15-24(28)27-16-19-11-5-6-12-20(19)22(17-27)18-9-3-2-4-10-18/h2-14,22H,15-17H2,1H3,(H,26,29). The third-order valence-corrected chi connectivity index (χ3v) is 5.50. The molecule has 0 aliphatic carbocycles. The lowest BCUT2D eigenvalue weighted by atomic mass is 9.84. The summed E-state index contributed by atoms with van der Waals surface area (Å²) in [6.07, 6.45) is 0. The van der Waals surface area contributed by atoms with E-state index in [1.807, 2.05) is 35.2 Å². The average Bonchev–Trinajstić information content (AvgIpc) is 2.82. The molecule has 1 heterocycles. The number of nitrogens with one attached hydrogen (secondary N) is 1. The Hall–Kier alpha value is -3.60. The smallest absolute Gasteiger partial charge is 0.255 e. The van der Waals surface area contributed by atoms with Crippen LogP contribution in [0.4, 0.5) is 0 Å². The summed E-state index contributed by atoms with van der Waals surface area (Å²) in [6.45, 7) is 1.08. The molecule has 1 unspecified atom stereocenters. The van der Waals surface area contributed by atoms with Crippen molar-refractivity contribution < 1.29 is 14.3 Å². The molecule has 1 aliphatic heterocycles. The number of carbonyl (C=O) groups is 2. The van der Waals surface area contributed by atoms with Crippen LogP contribution in [0.25, 0.3) is 0 Å². The van der Waals surface area contributed by atoms with Gasteiger partial charge in [0.2, 0.25) is 5.91 Å². The number of fused-ring (bicyclic) bond motifs is 1. The van der Waals surface area contributed by atoms with E-state index in [2.05, 4.69) is 29.6 Å². The number of para-hydroxylation sites is 1. The van der Waals surface area contributed by atoms with Crippen LogP contribution in [-0.4, -0.2) is 36.9 Å². The van der Waals surface area contributed by atoms with Gasteiger partial charge in [0.25, 0.3) is 5.91 Å². The molecule has 3 aromatic rings. The first-order valence-corrected chi connectivity index (χ1v) is 9.99. The lowest BCUT2D eigenvalue weighted by molar-refractivity contribution is -0.131. The SMILES string of the molecule is COc1ccccc1C(=O)NCC(=O)N1Cc2ccccc2C(c2ccccc2)C1. The maximum atomic E-state index is 13.0. The molecule has 152 valence electrons. The van der Waals surface area contributed by atoms with E-state index in [4.69, 9.17) is 4.74 Å². The molecule has 0 fully saturated rings. The van der Waals surface area contributed by atoms with E-state index in [-0.39, 0.29) is 24.3 Å². The third-order valence-electron chi connectivity index (χ3n) is 5.50. The average molecular weight is 400 g/mol. The van der Waals surface area contributed by atoms with E-state index in [0.29, 0.717) is 24.4 Å². The van der Waals surface area contributed by atoms with Gasteiger partial charge in [0.05, 0.1) is 19.2 Å². The van der Waals surface area contributed by atoms with Crippen molar-refractivity contribution in [1.82, 2.24) is 10.2 Å². The quantitative estimate of drug-likeness (QED) is 0.712. The Morgan fingerprint density at radius 2 is 1.67 bits per heavy atom. The van der Waals surface area contributed by atoms with Crippen LogP contribution in [0, 0.1) is 0 Å². The summed E-state index contributed by atoms with van der Waals surface area (Å²) in [6, 6.07) is 25.4. The van der Waals surface area contributed by atoms with Crippen LogP contribution < -0.4 is 10.1 Å². The van der Waals surface area contributed by atoms with Crippen molar-refractivity contribution in [2.24, 2.45) is 0 Å². The van der Waals surface area contributed by atoms with Crippen LogP contribution in [0.5, 0.6) is 5.75 Å². The van der Waals surface area contributed by atoms with E-state index in [1.165, 1.54) is 18.2 Å². The largest absolute Gasteiger partial charge is 0.496 e. The lowest BCUT2D eigenvalue weighted by Gasteiger charge is -2.35. The van der Waals surface area contributed by atoms with E-state index in [1.54, 1.807) is 24.3 Å². The zero-order valence-corrected chi connectivity index (χ0v) is 16.9. The fourth-order valence-corrected chi connectivity index (χ4v) is 3.96. The van der Waals surface area contributed by atoms with Crippen molar-refractivity contribution >= 4 is 11.8 Å². The van der Waals surface area contributed by atoms with Crippen LogP contribution in [0.1, 0.15) is 33.0 Å². The monoisotopic (exact) mass is 400 g/mol. The molecule has 5 heteroatoms. The third kappa shape index (κ3) is 4.06. The Balaban J connectivity index is 1.49. The Bertz CT molecular complexity index is 1050. The van der Waals surface area contributed by atoms with Gasteiger partial charge in [-0.3, -0.25) is 9.59 Å². The highest BCUT2D eigenvalue weighted by Gasteiger charge is 2.29. The first-order valence-electron chi connectivity index (χ1n) is 9.99. The summed E-state index contributed by atoms with van der Waals surface area (Å²) in [7, 11) is 1.52. The number of methoxy groups -OCH3 is 1. The van der Waals surface area contributed by atoms with Gasteiger partial charge in [-0.1, -0.05) is 66.7 Å². The van der Waals surface area contributed by atoms with Gasteiger partial charge >= 0.3 is 0 Å². The second-order valence-corrected chi connectivity index (χ2v) is 7.32. The molecule has 1 atom stereocenters. The molecule has 0 aromatic heterocycles. The fourth-order valence-electron chi connectivity index (χ4n) is 3.96. The number of amides is 2. The van der Waals surface area contributed by atoms with Crippen molar-refractivity contribution in [2.75, 3.05) is 20.2 Å². The summed E-state index contributed by atoms with van der Waals surface area (Å²) in [5, 5.41) is 2.74. The Kier molecular flexibility index (Phi) is 5.80. The van der Waals surface area contributed by atoms with Crippen molar-refractivity contribution in [3.63, 3.8) is 0 Å². The van der Waals surface area contributed by atoms with Crippen LogP contribution in [0.3, 0.4) is 0 Å². The van der Waals surface area contributed by atoms with Crippen molar-refractivity contribution in [3.05, 3.63) is 101 Å². The highest BCUT2D eigenvalue weighted by atomic mass is 16.5. The zero-order valence-electron chi connectivity index (χ0n) is 16.9. The molecule has 2 amide bonds.